The number of halogens is 2. The van der Waals surface area contributed by atoms with Gasteiger partial charge in [0, 0.05) is 29.0 Å². The molecule has 0 amide bonds. The highest BCUT2D eigenvalue weighted by Gasteiger charge is 2.12. The van der Waals surface area contributed by atoms with Crippen molar-refractivity contribution in [2.75, 3.05) is 0 Å². The van der Waals surface area contributed by atoms with Crippen LogP contribution in [-0.2, 0) is 13.0 Å². The van der Waals surface area contributed by atoms with Crippen LogP contribution in [0, 0.1) is 0 Å². The van der Waals surface area contributed by atoms with Crippen molar-refractivity contribution in [3.8, 4) is 0 Å². The monoisotopic (exact) mass is 340 g/mol. The Morgan fingerprint density at radius 1 is 1.47 bits per heavy atom. The number of ketones is 1. The third kappa shape index (κ3) is 3.45. The van der Waals surface area contributed by atoms with Gasteiger partial charge in [-0.15, -0.1) is 0 Å². The van der Waals surface area contributed by atoms with Gasteiger partial charge in [-0.25, -0.2) is 4.98 Å². The molecule has 0 fully saturated rings. The molecule has 0 atom stereocenters. The standard InChI is InChI=1S/C14H14BrClN2O/c1-2-6-18-7-5-17-14(18)9-13(19)10-3-4-11(15)12(16)8-10/h3-5,7-8H,2,6,9H2,1H3. The molecule has 100 valence electrons. The van der Waals surface area contributed by atoms with E-state index < -0.39 is 0 Å². The molecule has 3 nitrogen and oxygen atoms in total. The second kappa shape index (κ2) is 6.35. The normalized spacial score (nSPS) is 10.7. The smallest absolute Gasteiger partial charge is 0.170 e. The molecule has 2 rings (SSSR count). The predicted molar refractivity (Wildman–Crippen MR) is 79.7 cm³/mol. The number of imidazole rings is 1. The van der Waals surface area contributed by atoms with Crippen LogP contribution in [0.1, 0.15) is 29.5 Å². The highest BCUT2D eigenvalue weighted by atomic mass is 79.9. The topological polar surface area (TPSA) is 34.9 Å². The summed E-state index contributed by atoms with van der Waals surface area (Å²) >= 11 is 9.31. The second-order valence-corrected chi connectivity index (χ2v) is 5.53. The van der Waals surface area contributed by atoms with Gasteiger partial charge in [-0.05, 0) is 34.5 Å². The van der Waals surface area contributed by atoms with Crippen molar-refractivity contribution in [1.29, 1.82) is 0 Å². The van der Waals surface area contributed by atoms with Gasteiger partial charge in [0.1, 0.15) is 5.82 Å². The van der Waals surface area contributed by atoms with Gasteiger partial charge in [0.15, 0.2) is 5.78 Å². The van der Waals surface area contributed by atoms with Crippen LogP contribution in [0.15, 0.2) is 35.1 Å². The lowest BCUT2D eigenvalue weighted by Gasteiger charge is -2.06. The first-order chi connectivity index (χ1) is 9.11. The molecule has 0 saturated carbocycles. The second-order valence-electron chi connectivity index (χ2n) is 4.27. The molecule has 0 bridgehead atoms. The molecule has 0 aliphatic carbocycles. The first kappa shape index (κ1) is 14.3. The summed E-state index contributed by atoms with van der Waals surface area (Å²) in [5.74, 6) is 0.823. The zero-order chi connectivity index (χ0) is 13.8. The lowest BCUT2D eigenvalue weighted by atomic mass is 10.1. The first-order valence-electron chi connectivity index (χ1n) is 6.10. The number of rotatable bonds is 5. The number of benzene rings is 1. The molecule has 1 heterocycles. The van der Waals surface area contributed by atoms with Gasteiger partial charge in [0.05, 0.1) is 11.4 Å². The van der Waals surface area contributed by atoms with Gasteiger partial charge >= 0.3 is 0 Å². The van der Waals surface area contributed by atoms with E-state index in [-0.39, 0.29) is 5.78 Å². The fourth-order valence-electron chi connectivity index (χ4n) is 1.87. The van der Waals surface area contributed by atoms with Crippen LogP contribution < -0.4 is 0 Å². The summed E-state index contributed by atoms with van der Waals surface area (Å²) in [6.45, 7) is 2.98. The summed E-state index contributed by atoms with van der Waals surface area (Å²) < 4.78 is 2.80. The SMILES string of the molecule is CCCn1ccnc1CC(=O)c1ccc(Br)c(Cl)c1. The molecular weight excluding hydrogens is 328 g/mol. The van der Waals surface area contributed by atoms with Crippen LogP contribution >= 0.6 is 27.5 Å². The average Bonchev–Trinajstić information content (AvgIpc) is 2.80. The fourth-order valence-corrected chi connectivity index (χ4v) is 2.29. The zero-order valence-electron chi connectivity index (χ0n) is 10.6. The molecule has 2 aromatic rings. The summed E-state index contributed by atoms with van der Waals surface area (Å²) in [5.41, 5.74) is 0.610. The molecule has 5 heteroatoms. The quantitative estimate of drug-likeness (QED) is 0.766. The van der Waals surface area contributed by atoms with Crippen LogP contribution in [0.4, 0.5) is 0 Å². The molecule has 0 aliphatic rings. The van der Waals surface area contributed by atoms with E-state index in [2.05, 4.69) is 27.8 Å². The number of nitrogens with zero attached hydrogens (tertiary/aromatic N) is 2. The van der Waals surface area contributed by atoms with E-state index in [0.29, 0.717) is 17.0 Å². The molecular formula is C14H14BrClN2O. The summed E-state index contributed by atoms with van der Waals surface area (Å²) in [5, 5.41) is 0.544. The number of aromatic nitrogens is 2. The first-order valence-corrected chi connectivity index (χ1v) is 7.27. The van der Waals surface area contributed by atoms with Crippen LogP contribution in [-0.4, -0.2) is 15.3 Å². The van der Waals surface area contributed by atoms with Crippen molar-refractivity contribution in [2.24, 2.45) is 0 Å². The molecule has 19 heavy (non-hydrogen) atoms. The lowest BCUT2D eigenvalue weighted by Crippen LogP contribution is -2.10. The number of carbonyl (C=O) groups is 1. The molecule has 0 radical (unpaired) electrons. The van der Waals surface area contributed by atoms with Crippen molar-refractivity contribution in [1.82, 2.24) is 9.55 Å². The van der Waals surface area contributed by atoms with E-state index in [1.165, 1.54) is 0 Å². The zero-order valence-corrected chi connectivity index (χ0v) is 12.9. The number of Topliss-reactive ketones (excluding diaryl/α,β-unsaturated/α-hetero) is 1. The summed E-state index contributed by atoms with van der Waals surface area (Å²) in [6.07, 6.45) is 4.94. The Morgan fingerprint density at radius 3 is 2.95 bits per heavy atom. The highest BCUT2D eigenvalue weighted by molar-refractivity contribution is 9.10. The molecule has 0 unspecified atom stereocenters. The molecule has 0 aliphatic heterocycles. The largest absolute Gasteiger partial charge is 0.335 e. The molecule has 0 saturated heterocycles. The average molecular weight is 342 g/mol. The molecule has 1 aromatic heterocycles. The Hall–Kier alpha value is -1.13. The minimum Gasteiger partial charge on any atom is -0.335 e. The number of hydrogen-bond donors (Lipinski definition) is 0. The van der Waals surface area contributed by atoms with E-state index in [1.807, 2.05) is 10.8 Å². The maximum atomic E-state index is 12.2. The third-order valence-electron chi connectivity index (χ3n) is 2.83. The molecule has 1 aromatic carbocycles. The number of carbonyl (C=O) groups excluding carboxylic acids is 1. The van der Waals surface area contributed by atoms with E-state index in [0.717, 1.165) is 23.3 Å². The van der Waals surface area contributed by atoms with Crippen LogP contribution in [0.5, 0.6) is 0 Å². The van der Waals surface area contributed by atoms with E-state index in [1.54, 1.807) is 24.4 Å². The van der Waals surface area contributed by atoms with Crippen molar-refractivity contribution < 1.29 is 4.79 Å². The molecule has 0 spiro atoms. The minimum absolute atomic E-state index is 0.0259. The van der Waals surface area contributed by atoms with Crippen molar-refractivity contribution in [3.63, 3.8) is 0 Å². The van der Waals surface area contributed by atoms with Gasteiger partial charge in [0.25, 0.3) is 0 Å². The van der Waals surface area contributed by atoms with Gasteiger partial charge in [-0.3, -0.25) is 4.79 Å². The van der Waals surface area contributed by atoms with Crippen molar-refractivity contribution in [3.05, 3.63) is 51.5 Å². The number of aryl methyl sites for hydroxylation is 1. The Labute approximate surface area is 125 Å². The van der Waals surface area contributed by atoms with Gasteiger partial charge in [-0.2, -0.15) is 0 Å². The number of hydrogen-bond acceptors (Lipinski definition) is 2. The van der Waals surface area contributed by atoms with Crippen LogP contribution in [0.3, 0.4) is 0 Å². The minimum atomic E-state index is 0.0259. The maximum absolute atomic E-state index is 12.2. The molecule has 0 N–H and O–H groups in total. The summed E-state index contributed by atoms with van der Waals surface area (Å²) in [4.78, 5) is 16.4. The Kier molecular flexibility index (Phi) is 4.77. The highest BCUT2D eigenvalue weighted by Crippen LogP contribution is 2.23. The van der Waals surface area contributed by atoms with Crippen LogP contribution in [0.25, 0.3) is 0 Å². The van der Waals surface area contributed by atoms with Crippen LogP contribution in [0.2, 0.25) is 5.02 Å². The summed E-state index contributed by atoms with van der Waals surface area (Å²) in [6, 6.07) is 5.24. The van der Waals surface area contributed by atoms with Crippen molar-refractivity contribution in [2.45, 2.75) is 26.3 Å². The van der Waals surface area contributed by atoms with Gasteiger partial charge < -0.3 is 4.57 Å². The Balaban J connectivity index is 2.16. The van der Waals surface area contributed by atoms with E-state index >= 15 is 0 Å². The Morgan fingerprint density at radius 2 is 2.26 bits per heavy atom. The van der Waals surface area contributed by atoms with E-state index in [9.17, 15) is 4.79 Å². The van der Waals surface area contributed by atoms with Gasteiger partial charge in [-0.1, -0.05) is 24.6 Å². The van der Waals surface area contributed by atoms with Gasteiger partial charge in [0.2, 0.25) is 0 Å². The van der Waals surface area contributed by atoms with Crippen molar-refractivity contribution >= 4 is 33.3 Å². The fraction of sp³-hybridized carbons (Fsp3) is 0.286. The van der Waals surface area contributed by atoms with E-state index in [4.69, 9.17) is 11.6 Å². The predicted octanol–water partition coefficient (Wildman–Crippen LogP) is 4.13. The lowest BCUT2D eigenvalue weighted by molar-refractivity contribution is 0.0989. The third-order valence-corrected chi connectivity index (χ3v) is 4.06. The maximum Gasteiger partial charge on any atom is 0.170 e. The Bertz CT molecular complexity index is 595. The summed E-state index contributed by atoms with van der Waals surface area (Å²) in [7, 11) is 0.